The molecule has 2 aromatic rings. The molecule has 3 amide bonds. The van der Waals surface area contributed by atoms with E-state index in [1.807, 2.05) is 38.1 Å². The zero-order chi connectivity index (χ0) is 27.8. The van der Waals surface area contributed by atoms with E-state index < -0.39 is 5.97 Å². The van der Waals surface area contributed by atoms with Gasteiger partial charge < -0.3 is 26.4 Å². The lowest BCUT2D eigenvalue weighted by Crippen LogP contribution is -2.50. The largest absolute Gasteiger partial charge is 0.480 e. The normalized spacial score (nSPS) is 14.9. The van der Waals surface area contributed by atoms with E-state index in [2.05, 4.69) is 0 Å². The van der Waals surface area contributed by atoms with Crippen molar-refractivity contribution < 1.29 is 24.3 Å². The second kappa shape index (κ2) is 13.2. The van der Waals surface area contributed by atoms with Crippen molar-refractivity contribution in [3.8, 4) is 0 Å². The molecular weight excluding hydrogens is 484 g/mol. The number of nitrogens with two attached hydrogens (primary N) is 2. The molecule has 1 aliphatic heterocycles. The van der Waals surface area contributed by atoms with Crippen molar-refractivity contribution in [2.75, 3.05) is 19.6 Å². The second-order valence-electron chi connectivity index (χ2n) is 10.1. The Kier molecular flexibility index (Phi) is 10.0. The van der Waals surface area contributed by atoms with Crippen LogP contribution in [0.5, 0.6) is 0 Å². The van der Waals surface area contributed by atoms with Crippen LogP contribution in [0.1, 0.15) is 70.5 Å². The highest BCUT2D eigenvalue weighted by atomic mass is 16.4. The van der Waals surface area contributed by atoms with Gasteiger partial charge in [-0.25, -0.2) is 0 Å². The Bertz CT molecular complexity index is 1170. The van der Waals surface area contributed by atoms with Crippen molar-refractivity contribution in [2.45, 2.75) is 58.5 Å². The molecule has 1 saturated heterocycles. The predicted molar refractivity (Wildman–Crippen MR) is 144 cm³/mol. The zero-order valence-electron chi connectivity index (χ0n) is 22.2. The van der Waals surface area contributed by atoms with Crippen LogP contribution in [0.25, 0.3) is 0 Å². The smallest absolute Gasteiger partial charge is 0.323 e. The lowest BCUT2D eigenvalue weighted by molar-refractivity contribution is -0.140. The molecule has 0 atom stereocenters. The van der Waals surface area contributed by atoms with Crippen LogP contribution in [-0.2, 0) is 29.0 Å². The SMILES string of the molecule is CC(C)C(=O)N1CCC(N(CC(=O)O)C(=O)c2cccc(CN)c2)CC1.NC(=O)c1ccc2c(c1)CCC2. The third kappa shape index (κ3) is 7.41. The van der Waals surface area contributed by atoms with Gasteiger partial charge in [-0.15, -0.1) is 0 Å². The number of carbonyl (C=O) groups is 4. The van der Waals surface area contributed by atoms with E-state index in [-0.39, 0.29) is 36.2 Å². The third-order valence-electron chi connectivity index (χ3n) is 7.07. The molecule has 0 saturated carbocycles. The summed E-state index contributed by atoms with van der Waals surface area (Å²) in [5.74, 6) is -1.66. The topological polar surface area (TPSA) is 147 Å². The number of likely N-dealkylation sites (tertiary alicyclic amines) is 1. The predicted octanol–water partition coefficient (Wildman–Crippen LogP) is 2.59. The quantitative estimate of drug-likeness (QED) is 0.509. The summed E-state index contributed by atoms with van der Waals surface area (Å²) in [7, 11) is 0. The standard InChI is InChI=1S/C19H27N3O4.C10H11NO/c1-13(2)18(25)21-8-6-16(7-9-21)22(12-17(23)24)19(26)15-5-3-4-14(10-15)11-20;11-10(12)9-5-4-7-2-1-3-8(7)6-9/h3-5,10,13,16H,6-9,11-12,20H2,1-2H3,(H,23,24);4-6H,1-3H2,(H2,11,12). The Morgan fingerprint density at radius 1 is 1.00 bits per heavy atom. The molecule has 0 bridgehead atoms. The van der Waals surface area contributed by atoms with Crippen molar-refractivity contribution in [1.82, 2.24) is 9.80 Å². The number of hydrogen-bond donors (Lipinski definition) is 3. The molecule has 0 unspecified atom stereocenters. The second-order valence-corrected chi connectivity index (χ2v) is 10.1. The number of hydrogen-bond acceptors (Lipinski definition) is 5. The number of benzene rings is 2. The van der Waals surface area contributed by atoms with Crippen LogP contribution in [0.4, 0.5) is 0 Å². The molecule has 204 valence electrons. The number of fused-ring (bicyclic) bond motifs is 1. The van der Waals surface area contributed by atoms with Gasteiger partial charge in [0.1, 0.15) is 6.54 Å². The van der Waals surface area contributed by atoms with E-state index >= 15 is 0 Å². The van der Waals surface area contributed by atoms with Gasteiger partial charge in [0.05, 0.1) is 0 Å². The van der Waals surface area contributed by atoms with Gasteiger partial charge in [-0.05, 0) is 73.1 Å². The average Bonchev–Trinajstić information content (AvgIpc) is 3.39. The number of nitrogens with zero attached hydrogens (tertiary/aromatic N) is 2. The zero-order valence-corrected chi connectivity index (χ0v) is 22.2. The number of aryl methyl sites for hydroxylation is 2. The molecule has 0 aromatic heterocycles. The minimum atomic E-state index is -1.05. The number of piperidine rings is 1. The first-order valence-electron chi connectivity index (χ1n) is 13.1. The van der Waals surface area contributed by atoms with Gasteiger partial charge in [-0.3, -0.25) is 19.2 Å². The highest BCUT2D eigenvalue weighted by molar-refractivity contribution is 5.96. The van der Waals surface area contributed by atoms with Gasteiger partial charge >= 0.3 is 5.97 Å². The van der Waals surface area contributed by atoms with Gasteiger partial charge in [0.2, 0.25) is 11.8 Å². The highest BCUT2D eigenvalue weighted by Gasteiger charge is 2.32. The monoisotopic (exact) mass is 522 g/mol. The fourth-order valence-electron chi connectivity index (χ4n) is 5.00. The first kappa shape index (κ1) is 28.8. The van der Waals surface area contributed by atoms with Gasteiger partial charge in [0.25, 0.3) is 5.91 Å². The molecule has 38 heavy (non-hydrogen) atoms. The molecule has 2 aliphatic rings. The van der Waals surface area contributed by atoms with Crippen LogP contribution >= 0.6 is 0 Å². The molecule has 1 aliphatic carbocycles. The summed E-state index contributed by atoms with van der Waals surface area (Å²) in [6, 6.07) is 12.5. The van der Waals surface area contributed by atoms with Crippen molar-refractivity contribution in [3.05, 3.63) is 70.3 Å². The van der Waals surface area contributed by atoms with Crippen LogP contribution in [0.15, 0.2) is 42.5 Å². The molecule has 0 spiro atoms. The summed E-state index contributed by atoms with van der Waals surface area (Å²) < 4.78 is 0. The first-order valence-corrected chi connectivity index (χ1v) is 13.1. The Hall–Kier alpha value is -3.72. The minimum absolute atomic E-state index is 0.0673. The van der Waals surface area contributed by atoms with E-state index in [1.165, 1.54) is 22.4 Å². The summed E-state index contributed by atoms with van der Waals surface area (Å²) in [6.45, 7) is 4.75. The number of aliphatic carboxylic acids is 1. The van der Waals surface area contributed by atoms with Gasteiger partial charge in [0, 0.05) is 42.7 Å². The number of carboxylic acids is 1. The Balaban J connectivity index is 0.000000275. The van der Waals surface area contributed by atoms with Crippen LogP contribution in [0.3, 0.4) is 0 Å². The molecule has 4 rings (SSSR count). The molecule has 9 nitrogen and oxygen atoms in total. The molecule has 9 heteroatoms. The molecule has 0 radical (unpaired) electrons. The minimum Gasteiger partial charge on any atom is -0.480 e. The average molecular weight is 523 g/mol. The van der Waals surface area contributed by atoms with Crippen molar-refractivity contribution >= 4 is 23.7 Å². The maximum Gasteiger partial charge on any atom is 0.323 e. The van der Waals surface area contributed by atoms with Crippen LogP contribution in [0, 0.1) is 5.92 Å². The molecule has 5 N–H and O–H groups in total. The number of carboxylic acid groups (broad SMARTS) is 1. The lowest BCUT2D eigenvalue weighted by Gasteiger charge is -2.38. The lowest BCUT2D eigenvalue weighted by atomic mass is 10.00. The summed E-state index contributed by atoms with van der Waals surface area (Å²) >= 11 is 0. The number of primary amides is 1. The van der Waals surface area contributed by atoms with Gasteiger partial charge in [0.15, 0.2) is 0 Å². The fourth-order valence-corrected chi connectivity index (χ4v) is 5.00. The molecular formula is C29H38N4O5. The Morgan fingerprint density at radius 3 is 2.29 bits per heavy atom. The first-order chi connectivity index (χ1) is 18.1. The van der Waals surface area contributed by atoms with Crippen molar-refractivity contribution in [3.63, 3.8) is 0 Å². The Labute approximate surface area is 223 Å². The fraction of sp³-hybridized carbons (Fsp3) is 0.448. The van der Waals surface area contributed by atoms with Crippen LogP contribution in [0.2, 0.25) is 0 Å². The Morgan fingerprint density at radius 2 is 1.68 bits per heavy atom. The van der Waals surface area contributed by atoms with Crippen LogP contribution in [-0.4, -0.2) is 64.3 Å². The number of carbonyl (C=O) groups excluding carboxylic acids is 3. The van der Waals surface area contributed by atoms with Crippen LogP contribution < -0.4 is 11.5 Å². The van der Waals surface area contributed by atoms with E-state index in [4.69, 9.17) is 11.5 Å². The molecule has 1 fully saturated rings. The van der Waals surface area contributed by atoms with Gasteiger partial charge in [-0.1, -0.05) is 32.0 Å². The summed E-state index contributed by atoms with van der Waals surface area (Å²) in [6.07, 6.45) is 4.60. The third-order valence-corrected chi connectivity index (χ3v) is 7.07. The molecule has 2 aromatic carbocycles. The summed E-state index contributed by atoms with van der Waals surface area (Å²) in [5.41, 5.74) is 15.4. The van der Waals surface area contributed by atoms with Crippen molar-refractivity contribution in [1.29, 1.82) is 0 Å². The number of rotatable bonds is 7. The van der Waals surface area contributed by atoms with E-state index in [9.17, 15) is 24.3 Å². The highest BCUT2D eigenvalue weighted by Crippen LogP contribution is 2.23. The maximum absolute atomic E-state index is 12.9. The van der Waals surface area contributed by atoms with E-state index in [1.54, 1.807) is 23.1 Å². The maximum atomic E-state index is 12.9. The number of amides is 3. The molecule has 1 heterocycles. The van der Waals surface area contributed by atoms with E-state index in [0.29, 0.717) is 43.6 Å². The summed E-state index contributed by atoms with van der Waals surface area (Å²) in [4.78, 5) is 50.4. The summed E-state index contributed by atoms with van der Waals surface area (Å²) in [5, 5.41) is 9.25. The van der Waals surface area contributed by atoms with Gasteiger partial charge in [-0.2, -0.15) is 0 Å². The van der Waals surface area contributed by atoms with Crippen molar-refractivity contribution in [2.24, 2.45) is 17.4 Å². The van der Waals surface area contributed by atoms with E-state index in [0.717, 1.165) is 18.4 Å².